The van der Waals surface area contributed by atoms with E-state index in [2.05, 4.69) is 6.58 Å². The maximum absolute atomic E-state index is 10.5. The van der Waals surface area contributed by atoms with Gasteiger partial charge in [0, 0.05) is 29.9 Å². The molecule has 3 nitrogen and oxygen atoms in total. The molecule has 0 amide bonds. The summed E-state index contributed by atoms with van der Waals surface area (Å²) in [6.45, 7) is 5.58. The maximum atomic E-state index is 10.5. The van der Waals surface area contributed by atoms with Gasteiger partial charge in [-0.2, -0.15) is 0 Å². The minimum absolute atomic E-state index is 0.152. The molecule has 0 saturated carbocycles. The average molecular weight is 306 g/mol. The van der Waals surface area contributed by atoms with Gasteiger partial charge in [0.2, 0.25) is 0 Å². The number of hydrogen-bond donors (Lipinski definition) is 1. The Morgan fingerprint density at radius 1 is 1.33 bits per heavy atom. The quantitative estimate of drug-likeness (QED) is 0.761. The van der Waals surface area contributed by atoms with Crippen LogP contribution in [0.2, 0.25) is 0 Å². The Labute approximate surface area is 130 Å². The van der Waals surface area contributed by atoms with Gasteiger partial charge in [-0.1, -0.05) is 36.4 Å². The number of halogens is 1. The van der Waals surface area contributed by atoms with E-state index in [9.17, 15) is 4.79 Å². The number of aryl methyl sites for hydroxylation is 1. The summed E-state index contributed by atoms with van der Waals surface area (Å²) in [6.07, 6.45) is 6.00. The molecule has 0 bridgehead atoms. The Kier molecular flexibility index (Phi) is 6.76. The van der Waals surface area contributed by atoms with Gasteiger partial charge in [0.25, 0.3) is 0 Å². The summed E-state index contributed by atoms with van der Waals surface area (Å²) in [7, 11) is 1.97. The van der Waals surface area contributed by atoms with Gasteiger partial charge in [-0.3, -0.25) is 4.79 Å². The number of hydrogen-bond acceptors (Lipinski definition) is 2. The lowest BCUT2D eigenvalue weighted by molar-refractivity contribution is -0.136. The minimum Gasteiger partial charge on any atom is -0.481 e. The Morgan fingerprint density at radius 2 is 1.95 bits per heavy atom. The van der Waals surface area contributed by atoms with Crippen molar-refractivity contribution in [2.24, 2.45) is 0 Å². The van der Waals surface area contributed by atoms with Crippen molar-refractivity contribution >= 4 is 23.3 Å². The molecule has 112 valence electrons. The van der Waals surface area contributed by atoms with Gasteiger partial charge in [0.05, 0.1) is 0 Å². The largest absolute Gasteiger partial charge is 0.481 e. The van der Waals surface area contributed by atoms with E-state index >= 15 is 0 Å². The van der Waals surface area contributed by atoms with Gasteiger partial charge in [-0.05, 0) is 43.2 Å². The third-order valence-corrected chi connectivity index (χ3v) is 3.44. The summed E-state index contributed by atoms with van der Waals surface area (Å²) in [5.74, 6) is -0.777. The van der Waals surface area contributed by atoms with Crippen molar-refractivity contribution in [1.82, 2.24) is 0 Å². The van der Waals surface area contributed by atoms with Crippen LogP contribution in [0.1, 0.15) is 18.9 Å². The zero-order valence-electron chi connectivity index (χ0n) is 12.3. The SMILES string of the molecule is C=C/C(Cl)=C\C=C(/C)N(C)c1ccc(CCC(=O)O)cc1. The number of anilines is 1. The molecule has 0 aliphatic rings. The Hall–Kier alpha value is -2.00. The van der Waals surface area contributed by atoms with Gasteiger partial charge in [-0.25, -0.2) is 0 Å². The zero-order valence-corrected chi connectivity index (χ0v) is 13.1. The highest BCUT2D eigenvalue weighted by atomic mass is 35.5. The average Bonchev–Trinajstić information content (AvgIpc) is 2.49. The van der Waals surface area contributed by atoms with Crippen LogP contribution >= 0.6 is 11.6 Å². The first-order valence-electron chi connectivity index (χ1n) is 6.65. The van der Waals surface area contributed by atoms with Crippen molar-refractivity contribution in [2.45, 2.75) is 19.8 Å². The van der Waals surface area contributed by atoms with Crippen LogP contribution in [0.4, 0.5) is 5.69 Å². The summed E-state index contributed by atoms with van der Waals surface area (Å²) >= 11 is 5.87. The molecule has 1 aromatic carbocycles. The molecular formula is C17H20ClNO2. The fourth-order valence-corrected chi connectivity index (χ4v) is 1.78. The number of carbonyl (C=O) groups is 1. The van der Waals surface area contributed by atoms with Crippen molar-refractivity contribution in [3.05, 3.63) is 65.4 Å². The van der Waals surface area contributed by atoms with Gasteiger partial charge in [-0.15, -0.1) is 0 Å². The standard InChI is InChI=1S/C17H20ClNO2/c1-4-15(18)9-5-13(2)19(3)16-10-6-14(7-11-16)8-12-17(20)21/h4-7,9-11H,1,8,12H2,2-3H3,(H,20,21)/b13-5+,15-9+. The minimum atomic E-state index is -0.777. The monoisotopic (exact) mass is 305 g/mol. The van der Waals surface area contributed by atoms with E-state index in [1.54, 1.807) is 12.2 Å². The fraction of sp³-hybridized carbons (Fsp3) is 0.235. The Balaban J connectivity index is 2.76. The third-order valence-electron chi connectivity index (χ3n) is 3.16. The molecule has 1 N–H and O–H groups in total. The molecule has 0 spiro atoms. The third kappa shape index (κ3) is 5.88. The van der Waals surface area contributed by atoms with Crippen LogP contribution in [-0.2, 0) is 11.2 Å². The first-order valence-corrected chi connectivity index (χ1v) is 7.03. The molecule has 0 fully saturated rings. The lowest BCUT2D eigenvalue weighted by Crippen LogP contribution is -2.13. The maximum Gasteiger partial charge on any atom is 0.303 e. The topological polar surface area (TPSA) is 40.5 Å². The number of nitrogens with zero attached hydrogens (tertiary/aromatic N) is 1. The highest BCUT2D eigenvalue weighted by Gasteiger charge is 2.03. The number of carboxylic acids is 1. The molecule has 0 aliphatic heterocycles. The lowest BCUT2D eigenvalue weighted by Gasteiger charge is -2.20. The molecule has 0 heterocycles. The fourth-order valence-electron chi connectivity index (χ4n) is 1.72. The van der Waals surface area contributed by atoms with E-state index in [-0.39, 0.29) is 6.42 Å². The number of carboxylic acid groups (broad SMARTS) is 1. The summed E-state index contributed by atoms with van der Waals surface area (Å²) in [5.41, 5.74) is 3.09. The van der Waals surface area contributed by atoms with E-state index in [0.29, 0.717) is 11.5 Å². The van der Waals surface area contributed by atoms with Crippen molar-refractivity contribution in [3.8, 4) is 0 Å². The predicted octanol–water partition coefficient (Wildman–Crippen LogP) is 4.35. The van der Waals surface area contributed by atoms with Crippen LogP contribution in [0, 0.1) is 0 Å². The molecule has 0 aromatic heterocycles. The van der Waals surface area contributed by atoms with Gasteiger partial charge in [0.1, 0.15) is 0 Å². The second-order valence-corrected chi connectivity index (χ2v) is 5.12. The number of rotatable bonds is 7. The molecule has 21 heavy (non-hydrogen) atoms. The summed E-state index contributed by atoms with van der Waals surface area (Å²) in [5, 5.41) is 9.27. The zero-order chi connectivity index (χ0) is 15.8. The number of aliphatic carboxylic acids is 1. The van der Waals surface area contributed by atoms with Gasteiger partial charge in [0.15, 0.2) is 0 Å². The highest BCUT2D eigenvalue weighted by molar-refractivity contribution is 6.31. The van der Waals surface area contributed by atoms with E-state index in [1.807, 2.05) is 49.2 Å². The van der Waals surface area contributed by atoms with E-state index in [4.69, 9.17) is 16.7 Å². The number of benzene rings is 1. The van der Waals surface area contributed by atoms with E-state index in [1.165, 1.54) is 0 Å². The molecule has 0 radical (unpaired) electrons. The lowest BCUT2D eigenvalue weighted by atomic mass is 10.1. The van der Waals surface area contributed by atoms with Gasteiger partial charge >= 0.3 is 5.97 Å². The predicted molar refractivity (Wildman–Crippen MR) is 88.7 cm³/mol. The molecule has 4 heteroatoms. The highest BCUT2D eigenvalue weighted by Crippen LogP contribution is 2.19. The molecule has 0 unspecified atom stereocenters. The smallest absolute Gasteiger partial charge is 0.303 e. The van der Waals surface area contributed by atoms with E-state index in [0.717, 1.165) is 16.9 Å². The molecular weight excluding hydrogens is 286 g/mol. The first kappa shape index (κ1) is 17.1. The van der Waals surface area contributed by atoms with Crippen molar-refractivity contribution in [3.63, 3.8) is 0 Å². The summed E-state index contributed by atoms with van der Waals surface area (Å²) in [4.78, 5) is 12.6. The first-order chi connectivity index (χ1) is 9.93. The van der Waals surface area contributed by atoms with Crippen LogP contribution in [0.15, 0.2) is 59.8 Å². The molecule has 0 saturated heterocycles. The molecule has 0 aliphatic carbocycles. The van der Waals surface area contributed by atoms with Crippen molar-refractivity contribution in [1.29, 1.82) is 0 Å². The van der Waals surface area contributed by atoms with Crippen LogP contribution in [0.3, 0.4) is 0 Å². The van der Waals surface area contributed by atoms with Crippen molar-refractivity contribution in [2.75, 3.05) is 11.9 Å². The second-order valence-electron chi connectivity index (χ2n) is 4.68. The summed E-state index contributed by atoms with van der Waals surface area (Å²) < 4.78 is 0. The Bertz CT molecular complexity index is 559. The molecule has 0 atom stereocenters. The van der Waals surface area contributed by atoms with Crippen LogP contribution < -0.4 is 4.90 Å². The normalized spacial score (nSPS) is 12.1. The van der Waals surface area contributed by atoms with Crippen LogP contribution in [0.5, 0.6) is 0 Å². The molecule has 1 rings (SSSR count). The van der Waals surface area contributed by atoms with E-state index < -0.39 is 5.97 Å². The van der Waals surface area contributed by atoms with Crippen molar-refractivity contribution < 1.29 is 9.90 Å². The molecule has 1 aromatic rings. The second kappa shape index (κ2) is 8.32. The number of allylic oxidation sites excluding steroid dienone is 5. The summed E-state index contributed by atoms with van der Waals surface area (Å²) in [6, 6.07) is 7.86. The van der Waals surface area contributed by atoms with Gasteiger partial charge < -0.3 is 10.0 Å². The van der Waals surface area contributed by atoms with Crippen LogP contribution in [0.25, 0.3) is 0 Å². The Morgan fingerprint density at radius 3 is 2.48 bits per heavy atom. The van der Waals surface area contributed by atoms with Crippen LogP contribution in [-0.4, -0.2) is 18.1 Å².